The van der Waals surface area contributed by atoms with E-state index >= 15 is 0 Å². The molecular weight excluding hydrogens is 304 g/mol. The highest BCUT2D eigenvalue weighted by Crippen LogP contribution is 2.26. The van der Waals surface area contributed by atoms with Crippen LogP contribution < -0.4 is 10.0 Å². The number of carboxylic acids is 1. The van der Waals surface area contributed by atoms with Crippen molar-refractivity contribution in [3.05, 3.63) is 23.8 Å². The number of benzene rings is 1. The summed E-state index contributed by atoms with van der Waals surface area (Å²) in [5.41, 5.74) is 0.409. The van der Waals surface area contributed by atoms with Gasteiger partial charge < -0.3 is 10.4 Å². The third-order valence-electron chi connectivity index (χ3n) is 3.76. The van der Waals surface area contributed by atoms with Crippen LogP contribution in [0.3, 0.4) is 0 Å². The Kier molecular flexibility index (Phi) is 5.42. The Labute approximate surface area is 131 Å². The van der Waals surface area contributed by atoms with E-state index in [-0.39, 0.29) is 16.5 Å². The van der Waals surface area contributed by atoms with Crippen LogP contribution in [0.4, 0.5) is 5.69 Å². The Bertz CT molecular complexity index is 637. The highest BCUT2D eigenvalue weighted by Gasteiger charge is 2.26. The van der Waals surface area contributed by atoms with Crippen LogP contribution in [0.5, 0.6) is 0 Å². The predicted octanol–water partition coefficient (Wildman–Crippen LogP) is 2.43. The van der Waals surface area contributed by atoms with Gasteiger partial charge in [0.25, 0.3) is 0 Å². The number of sulfonamides is 1. The summed E-state index contributed by atoms with van der Waals surface area (Å²) in [4.78, 5) is 11.1. The first-order chi connectivity index (χ1) is 10.4. The Hall–Kier alpha value is -1.60. The molecule has 0 radical (unpaired) electrons. The highest BCUT2D eigenvalue weighted by molar-refractivity contribution is 7.89. The second-order valence-electron chi connectivity index (χ2n) is 5.55. The molecule has 0 aromatic heterocycles. The Morgan fingerprint density at radius 3 is 2.59 bits per heavy atom. The van der Waals surface area contributed by atoms with Gasteiger partial charge in [-0.3, -0.25) is 0 Å². The zero-order chi connectivity index (χ0) is 16.2. The summed E-state index contributed by atoms with van der Waals surface area (Å²) in [5.74, 6) is -1.14. The smallest absolute Gasteiger partial charge is 0.335 e. The lowest BCUT2D eigenvalue weighted by Crippen LogP contribution is -2.33. The van der Waals surface area contributed by atoms with Gasteiger partial charge >= 0.3 is 5.97 Å². The molecule has 0 saturated heterocycles. The standard InChI is InChI=1S/C15H22N2O4S/c1-2-9-16-13-8-7-11(15(18)19)10-14(13)22(20,21)17-12-5-3-4-6-12/h7-8,10,12,16-17H,2-6,9H2,1H3,(H,18,19). The van der Waals surface area contributed by atoms with Crippen LogP contribution >= 0.6 is 0 Å². The number of nitrogens with one attached hydrogen (secondary N) is 2. The number of hydrogen-bond donors (Lipinski definition) is 3. The van der Waals surface area contributed by atoms with Crippen LogP contribution in [0.25, 0.3) is 0 Å². The van der Waals surface area contributed by atoms with Gasteiger partial charge in [0.2, 0.25) is 10.0 Å². The molecule has 0 aliphatic heterocycles. The quantitative estimate of drug-likeness (QED) is 0.715. The van der Waals surface area contributed by atoms with E-state index in [1.54, 1.807) is 0 Å². The molecule has 0 heterocycles. The van der Waals surface area contributed by atoms with Crippen molar-refractivity contribution in [3.8, 4) is 0 Å². The molecule has 1 saturated carbocycles. The van der Waals surface area contributed by atoms with Crippen molar-refractivity contribution in [1.29, 1.82) is 0 Å². The maximum absolute atomic E-state index is 12.6. The first-order valence-corrected chi connectivity index (χ1v) is 9.06. The van der Waals surface area contributed by atoms with Crippen LogP contribution in [0.2, 0.25) is 0 Å². The molecule has 0 amide bonds. The molecule has 6 nitrogen and oxygen atoms in total. The molecule has 1 aliphatic rings. The third kappa shape index (κ3) is 3.98. The molecule has 22 heavy (non-hydrogen) atoms. The van der Waals surface area contributed by atoms with E-state index in [9.17, 15) is 13.2 Å². The van der Waals surface area contributed by atoms with Gasteiger partial charge in [0.15, 0.2) is 0 Å². The van der Waals surface area contributed by atoms with E-state index in [4.69, 9.17) is 5.11 Å². The fraction of sp³-hybridized carbons (Fsp3) is 0.533. The number of rotatable bonds is 7. The molecule has 2 rings (SSSR count). The molecule has 7 heteroatoms. The predicted molar refractivity (Wildman–Crippen MR) is 84.8 cm³/mol. The maximum atomic E-state index is 12.6. The van der Waals surface area contributed by atoms with Gasteiger partial charge in [0.05, 0.1) is 11.3 Å². The first-order valence-electron chi connectivity index (χ1n) is 7.57. The van der Waals surface area contributed by atoms with Crippen LogP contribution in [0, 0.1) is 0 Å². The fourth-order valence-corrected chi connectivity index (χ4v) is 4.12. The van der Waals surface area contributed by atoms with Gasteiger partial charge in [-0.1, -0.05) is 19.8 Å². The summed E-state index contributed by atoms with van der Waals surface area (Å²) in [5, 5.41) is 12.1. The van der Waals surface area contributed by atoms with E-state index in [0.29, 0.717) is 12.2 Å². The zero-order valence-corrected chi connectivity index (χ0v) is 13.4. The monoisotopic (exact) mass is 326 g/mol. The van der Waals surface area contributed by atoms with Crippen molar-refractivity contribution in [2.24, 2.45) is 0 Å². The van der Waals surface area contributed by atoms with Gasteiger partial charge in [-0.15, -0.1) is 0 Å². The lowest BCUT2D eigenvalue weighted by Gasteiger charge is -2.16. The molecule has 0 atom stereocenters. The third-order valence-corrected chi connectivity index (χ3v) is 5.32. The van der Waals surface area contributed by atoms with E-state index in [0.717, 1.165) is 32.1 Å². The van der Waals surface area contributed by atoms with Gasteiger partial charge in [-0.2, -0.15) is 0 Å². The zero-order valence-electron chi connectivity index (χ0n) is 12.6. The molecule has 1 aromatic rings. The summed E-state index contributed by atoms with van der Waals surface area (Å²) in [6, 6.07) is 4.09. The van der Waals surface area contributed by atoms with Gasteiger partial charge in [0, 0.05) is 12.6 Å². The average molecular weight is 326 g/mol. The molecule has 1 fully saturated rings. The fourth-order valence-electron chi connectivity index (χ4n) is 2.61. The average Bonchev–Trinajstić information content (AvgIpc) is 2.96. The highest BCUT2D eigenvalue weighted by atomic mass is 32.2. The van der Waals surface area contributed by atoms with Crippen molar-refractivity contribution >= 4 is 21.7 Å². The molecule has 0 bridgehead atoms. The van der Waals surface area contributed by atoms with Crippen molar-refractivity contribution in [2.45, 2.75) is 50.0 Å². The van der Waals surface area contributed by atoms with Crippen LogP contribution in [0.15, 0.2) is 23.1 Å². The lowest BCUT2D eigenvalue weighted by atomic mass is 10.2. The molecule has 1 aliphatic carbocycles. The number of aromatic carboxylic acids is 1. The topological polar surface area (TPSA) is 95.5 Å². The largest absolute Gasteiger partial charge is 0.478 e. The molecule has 1 aromatic carbocycles. The van der Waals surface area contributed by atoms with Gasteiger partial charge in [-0.05, 0) is 37.5 Å². The summed E-state index contributed by atoms with van der Waals surface area (Å²) in [6.07, 6.45) is 4.54. The summed E-state index contributed by atoms with van der Waals surface area (Å²) >= 11 is 0. The van der Waals surface area contributed by atoms with Crippen molar-refractivity contribution in [1.82, 2.24) is 4.72 Å². The minimum atomic E-state index is -3.74. The summed E-state index contributed by atoms with van der Waals surface area (Å²) in [6.45, 7) is 2.60. The van der Waals surface area contributed by atoms with Crippen molar-refractivity contribution in [3.63, 3.8) is 0 Å². The molecule has 122 valence electrons. The minimum absolute atomic E-state index is 0.00718. The van der Waals surface area contributed by atoms with Gasteiger partial charge in [0.1, 0.15) is 4.90 Å². The molecule has 0 unspecified atom stereocenters. The molecule has 3 N–H and O–H groups in total. The first kappa shape index (κ1) is 16.8. The molecule has 0 spiro atoms. The Balaban J connectivity index is 2.35. The maximum Gasteiger partial charge on any atom is 0.335 e. The number of carboxylic acid groups (broad SMARTS) is 1. The van der Waals surface area contributed by atoms with E-state index < -0.39 is 16.0 Å². The second-order valence-corrected chi connectivity index (χ2v) is 7.23. The van der Waals surface area contributed by atoms with E-state index in [1.807, 2.05) is 6.92 Å². The van der Waals surface area contributed by atoms with Gasteiger partial charge in [-0.25, -0.2) is 17.9 Å². The lowest BCUT2D eigenvalue weighted by molar-refractivity contribution is 0.0696. The normalized spacial score (nSPS) is 15.9. The number of hydrogen-bond acceptors (Lipinski definition) is 4. The molecular formula is C15H22N2O4S. The van der Waals surface area contributed by atoms with Crippen LogP contribution in [-0.4, -0.2) is 32.1 Å². The minimum Gasteiger partial charge on any atom is -0.478 e. The number of anilines is 1. The Morgan fingerprint density at radius 1 is 1.32 bits per heavy atom. The second kappa shape index (κ2) is 7.11. The summed E-state index contributed by atoms with van der Waals surface area (Å²) < 4.78 is 27.9. The SMILES string of the molecule is CCCNc1ccc(C(=O)O)cc1S(=O)(=O)NC1CCCC1. The van der Waals surface area contributed by atoms with E-state index in [2.05, 4.69) is 10.0 Å². The summed E-state index contributed by atoms with van der Waals surface area (Å²) in [7, 11) is -3.74. The van der Waals surface area contributed by atoms with E-state index in [1.165, 1.54) is 18.2 Å². The van der Waals surface area contributed by atoms with Crippen molar-refractivity contribution in [2.75, 3.05) is 11.9 Å². The Morgan fingerprint density at radius 2 is 2.00 bits per heavy atom. The van der Waals surface area contributed by atoms with Crippen LogP contribution in [-0.2, 0) is 10.0 Å². The number of carbonyl (C=O) groups is 1. The van der Waals surface area contributed by atoms with Crippen LogP contribution in [0.1, 0.15) is 49.4 Å². The van der Waals surface area contributed by atoms with Crippen molar-refractivity contribution < 1.29 is 18.3 Å².